The number of nitriles is 8. The monoisotopic (exact) mass is 921 g/mol. The maximum absolute atomic E-state index is 10.0. The van der Waals surface area contributed by atoms with Crippen LogP contribution in [-0.4, -0.2) is 26.2 Å². The van der Waals surface area contributed by atoms with Crippen LogP contribution in [0.25, 0.3) is 11.1 Å². The number of hydrogen-bond donors (Lipinski definition) is 0. The van der Waals surface area contributed by atoms with Gasteiger partial charge in [-0.05, 0) is 108 Å². The molecule has 10 heteroatoms. The number of nitrogens with zero attached hydrogens (tertiary/aromatic N) is 10. The number of benzene rings is 2. The molecule has 0 fully saturated rings. The van der Waals surface area contributed by atoms with Crippen LogP contribution in [0.15, 0.2) is 82.0 Å². The van der Waals surface area contributed by atoms with Gasteiger partial charge in [-0.1, -0.05) is 129 Å². The first-order chi connectivity index (χ1) is 34.3. The fraction of sp³-hybridized carbons (Fsp3) is 0.400. The maximum Gasteiger partial charge on any atom is 0.145 e. The van der Waals surface area contributed by atoms with Crippen molar-refractivity contribution in [2.24, 2.45) is 0 Å². The molecule has 70 heavy (non-hydrogen) atoms. The molecule has 2 aromatic carbocycles. The van der Waals surface area contributed by atoms with Crippen LogP contribution in [0.5, 0.6) is 0 Å². The SMILES string of the molecule is CCCCCCN(CCCCCC)c1ccc(C(=C(C#N)C#N)C(C#CC#CC#CC#CC(=C(C#N)C#N)C(=C(C#N)C#N)c2ccc(N(CCCCCC)CCCCCC)cc2)=C(C#N)C#N)cc1. The van der Waals surface area contributed by atoms with Gasteiger partial charge in [0.05, 0.1) is 11.1 Å². The average Bonchev–Trinajstić information content (AvgIpc) is 3.39. The van der Waals surface area contributed by atoms with Gasteiger partial charge in [-0.15, -0.1) is 0 Å². The highest BCUT2D eigenvalue weighted by Crippen LogP contribution is 2.32. The third kappa shape index (κ3) is 19.2. The standard InChI is InChI=1S/C60H60N10/c1-5-9-13-23-37-69(38-24-14-10-6-2)55-33-29-49(30-34-55)59(53(45-65)46-66)57(51(41-61)42-62)27-21-19-17-18-20-22-28-58(52(43-63)44-64)60(54(47-67)48-68)50-31-35-56(36-32-50)70(39-25-15-11-7-3)40-26-16-12-8-4/h29-36H,5-16,23-26,37-40H2,1-4H3. The molecule has 0 N–H and O–H groups in total. The highest BCUT2D eigenvalue weighted by atomic mass is 15.1. The Kier molecular flexibility index (Phi) is 28.9. The minimum atomic E-state index is -0.415. The van der Waals surface area contributed by atoms with Crippen LogP contribution in [0.4, 0.5) is 11.4 Å². The van der Waals surface area contributed by atoms with Crippen molar-refractivity contribution < 1.29 is 0 Å². The van der Waals surface area contributed by atoms with Crippen molar-refractivity contribution in [3.05, 3.63) is 93.1 Å². The van der Waals surface area contributed by atoms with Crippen LogP contribution in [0.3, 0.4) is 0 Å². The molecule has 0 heterocycles. The van der Waals surface area contributed by atoms with E-state index in [0.717, 1.165) is 140 Å². The molecule has 0 unspecified atom stereocenters. The normalized spacial score (nSPS) is 9.14. The Morgan fingerprint density at radius 3 is 0.829 bits per heavy atom. The van der Waals surface area contributed by atoms with E-state index in [0.29, 0.717) is 11.1 Å². The number of rotatable bonds is 26. The molecular formula is C60H60N10. The van der Waals surface area contributed by atoms with Crippen molar-refractivity contribution in [2.75, 3.05) is 36.0 Å². The van der Waals surface area contributed by atoms with Crippen LogP contribution >= 0.6 is 0 Å². The molecule has 2 aromatic rings. The van der Waals surface area contributed by atoms with E-state index in [1.165, 1.54) is 0 Å². The molecule has 0 aliphatic heterocycles. The van der Waals surface area contributed by atoms with E-state index in [1.807, 2.05) is 72.8 Å². The Bertz CT molecular complexity index is 2540. The summed E-state index contributed by atoms with van der Waals surface area (Å²) in [6, 6.07) is 29.6. The first-order valence-electron chi connectivity index (χ1n) is 24.2. The minimum Gasteiger partial charge on any atom is -0.372 e. The summed E-state index contributed by atoms with van der Waals surface area (Å²) in [6.45, 7) is 12.3. The zero-order valence-electron chi connectivity index (χ0n) is 41.2. The summed E-state index contributed by atoms with van der Waals surface area (Å²) in [7, 11) is 0. The van der Waals surface area contributed by atoms with Gasteiger partial charge in [-0.25, -0.2) is 0 Å². The Morgan fingerprint density at radius 1 is 0.329 bits per heavy atom. The highest BCUT2D eigenvalue weighted by Gasteiger charge is 2.20. The van der Waals surface area contributed by atoms with Crippen LogP contribution in [-0.2, 0) is 0 Å². The van der Waals surface area contributed by atoms with Crippen LogP contribution < -0.4 is 9.80 Å². The van der Waals surface area contributed by atoms with Gasteiger partial charge >= 0.3 is 0 Å². The molecule has 0 spiro atoms. The zero-order chi connectivity index (χ0) is 51.2. The van der Waals surface area contributed by atoms with Gasteiger partial charge in [0.25, 0.3) is 0 Å². The van der Waals surface area contributed by atoms with Crippen LogP contribution in [0, 0.1) is 138 Å². The van der Waals surface area contributed by atoms with Gasteiger partial charge in [0.15, 0.2) is 0 Å². The quantitative estimate of drug-likeness (QED) is 0.0379. The van der Waals surface area contributed by atoms with Crippen molar-refractivity contribution in [1.82, 2.24) is 0 Å². The van der Waals surface area contributed by atoms with Crippen LogP contribution in [0.1, 0.15) is 142 Å². The molecule has 0 radical (unpaired) electrons. The smallest absolute Gasteiger partial charge is 0.145 e. The van der Waals surface area contributed by atoms with Gasteiger partial charge < -0.3 is 9.80 Å². The average molecular weight is 921 g/mol. The largest absolute Gasteiger partial charge is 0.372 e. The van der Waals surface area contributed by atoms with Gasteiger partial charge in [0, 0.05) is 48.7 Å². The predicted octanol–water partition coefficient (Wildman–Crippen LogP) is 12.6. The molecule has 0 aliphatic carbocycles. The van der Waals surface area contributed by atoms with Gasteiger partial charge in [-0.2, -0.15) is 42.1 Å². The molecule has 10 nitrogen and oxygen atoms in total. The molecular weight excluding hydrogens is 861 g/mol. The number of allylic oxidation sites excluding steroid dienone is 8. The fourth-order valence-electron chi connectivity index (χ4n) is 7.52. The van der Waals surface area contributed by atoms with E-state index in [-0.39, 0.29) is 33.4 Å². The summed E-state index contributed by atoms with van der Waals surface area (Å²) >= 11 is 0. The lowest BCUT2D eigenvalue weighted by Crippen LogP contribution is -2.25. The number of hydrogen-bond acceptors (Lipinski definition) is 10. The van der Waals surface area contributed by atoms with E-state index in [2.05, 4.69) is 84.9 Å². The molecule has 2 rings (SSSR count). The van der Waals surface area contributed by atoms with Crippen LogP contribution in [0.2, 0.25) is 0 Å². The van der Waals surface area contributed by atoms with Crippen molar-refractivity contribution in [1.29, 1.82) is 42.1 Å². The highest BCUT2D eigenvalue weighted by molar-refractivity contribution is 5.93. The lowest BCUT2D eigenvalue weighted by atomic mass is 9.90. The second-order valence-corrected chi connectivity index (χ2v) is 16.2. The number of anilines is 2. The molecule has 0 atom stereocenters. The maximum atomic E-state index is 10.0. The van der Waals surface area contributed by atoms with E-state index in [4.69, 9.17) is 0 Å². The molecule has 0 saturated carbocycles. The van der Waals surface area contributed by atoms with Gasteiger partial charge in [0.2, 0.25) is 0 Å². The Hall–Kier alpha value is -8.84. The van der Waals surface area contributed by atoms with E-state index in [9.17, 15) is 42.1 Å². The fourth-order valence-corrected chi connectivity index (χ4v) is 7.52. The summed E-state index contributed by atoms with van der Waals surface area (Å²) in [5.41, 5.74) is 1.06. The molecule has 0 aromatic heterocycles. The second-order valence-electron chi connectivity index (χ2n) is 16.2. The Labute approximate surface area is 418 Å². The minimum absolute atomic E-state index is 0.0261. The van der Waals surface area contributed by atoms with E-state index >= 15 is 0 Å². The van der Waals surface area contributed by atoms with Gasteiger partial charge in [0.1, 0.15) is 70.8 Å². The summed E-state index contributed by atoms with van der Waals surface area (Å²) in [6.07, 6.45) is 17.9. The molecule has 0 bridgehead atoms. The lowest BCUT2D eigenvalue weighted by molar-refractivity contribution is 0.609. The summed E-state index contributed by atoms with van der Waals surface area (Å²) in [5.74, 6) is 20.7. The molecule has 0 aliphatic rings. The summed E-state index contributed by atoms with van der Waals surface area (Å²) < 4.78 is 0. The zero-order valence-corrected chi connectivity index (χ0v) is 41.2. The van der Waals surface area contributed by atoms with E-state index < -0.39 is 11.1 Å². The van der Waals surface area contributed by atoms with Crippen molar-refractivity contribution >= 4 is 22.5 Å². The number of unbranched alkanes of at least 4 members (excludes halogenated alkanes) is 12. The van der Waals surface area contributed by atoms with Crippen molar-refractivity contribution in [3.63, 3.8) is 0 Å². The first-order valence-corrected chi connectivity index (χ1v) is 24.2. The summed E-state index contributed by atoms with van der Waals surface area (Å²) in [5, 5.41) is 79.8. The lowest BCUT2D eigenvalue weighted by Gasteiger charge is -2.25. The van der Waals surface area contributed by atoms with Crippen molar-refractivity contribution in [3.8, 4) is 95.9 Å². The predicted molar refractivity (Wildman–Crippen MR) is 278 cm³/mol. The third-order valence-electron chi connectivity index (χ3n) is 11.3. The molecule has 0 saturated heterocycles. The Balaban J connectivity index is 2.61. The third-order valence-corrected chi connectivity index (χ3v) is 11.3. The summed E-state index contributed by atoms with van der Waals surface area (Å²) in [4.78, 5) is 4.68. The topological polar surface area (TPSA) is 197 Å². The molecule has 350 valence electrons. The van der Waals surface area contributed by atoms with Gasteiger partial charge in [-0.3, -0.25) is 0 Å². The Morgan fingerprint density at radius 2 is 0.586 bits per heavy atom. The first kappa shape index (κ1) is 57.3. The van der Waals surface area contributed by atoms with Crippen molar-refractivity contribution in [2.45, 2.75) is 130 Å². The van der Waals surface area contributed by atoms with E-state index in [1.54, 1.807) is 24.3 Å². The molecule has 0 amide bonds. The second kappa shape index (κ2) is 35.4.